The molecule has 0 aromatic rings. The molecule has 0 amide bonds. The quantitative estimate of drug-likeness (QED) is 0.321. The van der Waals surface area contributed by atoms with Crippen LogP contribution in [0.2, 0.25) is 0 Å². The molecule has 0 bridgehead atoms. The zero-order valence-corrected chi connectivity index (χ0v) is 20.4. The molecule has 2 rings (SSSR count). The summed E-state index contributed by atoms with van der Waals surface area (Å²) in [6, 6.07) is 0. The van der Waals surface area contributed by atoms with Crippen LogP contribution in [0.25, 0.3) is 0 Å². The van der Waals surface area contributed by atoms with Crippen molar-refractivity contribution in [3.05, 3.63) is 0 Å². The third-order valence-electron chi connectivity index (χ3n) is 3.40. The van der Waals surface area contributed by atoms with E-state index in [-0.39, 0.29) is 0 Å². The Hall–Kier alpha value is 1.62. The second-order valence-electron chi connectivity index (χ2n) is 5.42. The molecule has 0 saturated carbocycles. The highest BCUT2D eigenvalue weighted by molar-refractivity contribution is 8.24. The van der Waals surface area contributed by atoms with E-state index in [1.807, 2.05) is 12.5 Å². The third kappa shape index (κ3) is 5.81. The molecule has 2 aliphatic rings. The number of hydrogen-bond donors (Lipinski definition) is 2. The van der Waals surface area contributed by atoms with Gasteiger partial charge in [0.1, 0.15) is 0 Å². The second kappa shape index (κ2) is 9.89. The Morgan fingerprint density at radius 1 is 0.840 bits per heavy atom. The van der Waals surface area contributed by atoms with Crippen LogP contribution in [0.1, 0.15) is 0 Å². The van der Waals surface area contributed by atoms with Crippen LogP contribution in [0.15, 0.2) is 0 Å². The average molecular weight is 499 g/mol. The van der Waals surface area contributed by atoms with Gasteiger partial charge in [-0.15, -0.1) is 23.5 Å². The molecule has 0 aliphatic carbocycles. The molecular formula is C11H20N2O4P2S6. The Balaban J connectivity index is 1.91. The summed E-state index contributed by atoms with van der Waals surface area (Å²) in [5, 5.41) is 6.14. The van der Waals surface area contributed by atoms with Crippen LogP contribution in [0.4, 0.5) is 0 Å². The van der Waals surface area contributed by atoms with E-state index in [0.717, 1.165) is 0 Å². The van der Waals surface area contributed by atoms with Crippen LogP contribution >= 0.6 is 60.9 Å². The fourth-order valence-corrected chi connectivity index (χ4v) is 7.62. The molecule has 0 unspecified atom stereocenters. The number of rotatable bonds is 6. The summed E-state index contributed by atoms with van der Waals surface area (Å²) in [7, 11) is 0. The summed E-state index contributed by atoms with van der Waals surface area (Å²) in [5.41, 5.74) is -0.422. The summed E-state index contributed by atoms with van der Waals surface area (Å²) in [6.45, 7) is -3.78. The Morgan fingerprint density at radius 2 is 1.16 bits per heavy atom. The number of thioether (sulfide) groups is 2. The van der Waals surface area contributed by atoms with E-state index < -0.39 is 18.4 Å². The zero-order chi connectivity index (χ0) is 18.6. The van der Waals surface area contributed by atoms with E-state index in [2.05, 4.69) is 10.6 Å². The topological polar surface area (TPSA) is 61.0 Å². The summed E-state index contributed by atoms with van der Waals surface area (Å²) < 4.78 is 24.4. The highest BCUT2D eigenvalue weighted by atomic mass is 32.5. The van der Waals surface area contributed by atoms with E-state index >= 15 is 0 Å². The van der Waals surface area contributed by atoms with Gasteiger partial charge in [-0.2, -0.15) is 0 Å². The summed E-state index contributed by atoms with van der Waals surface area (Å²) in [6.07, 6.45) is 3.95. The van der Waals surface area contributed by atoms with Crippen molar-refractivity contribution in [2.24, 2.45) is 5.41 Å². The maximum Gasteiger partial charge on any atom is 0.246 e. The molecule has 25 heavy (non-hydrogen) atoms. The first-order valence-corrected chi connectivity index (χ1v) is 16.0. The van der Waals surface area contributed by atoms with Crippen molar-refractivity contribution >= 4 is 94.0 Å². The SMILES string of the molecule is CSCNC(=S)P1(=S)OCC2(CO1)COP(=S)(C(=S)NCSC)OC2. The van der Waals surface area contributed by atoms with Gasteiger partial charge in [0.05, 0.1) is 43.6 Å². The van der Waals surface area contributed by atoms with Crippen LogP contribution in [0.5, 0.6) is 0 Å². The molecule has 0 atom stereocenters. The molecular weight excluding hydrogens is 478 g/mol. The first-order chi connectivity index (χ1) is 11.8. The van der Waals surface area contributed by atoms with E-state index in [1.165, 1.54) is 0 Å². The van der Waals surface area contributed by atoms with Gasteiger partial charge in [0.2, 0.25) is 13.0 Å². The summed E-state index contributed by atoms with van der Waals surface area (Å²) in [4.78, 5) is 0. The smallest absolute Gasteiger partial charge is 0.246 e. The third-order valence-corrected chi connectivity index (χ3v) is 12.2. The van der Waals surface area contributed by atoms with E-state index in [0.29, 0.717) is 47.6 Å². The molecule has 2 saturated heterocycles. The van der Waals surface area contributed by atoms with Crippen molar-refractivity contribution < 1.29 is 18.1 Å². The van der Waals surface area contributed by atoms with Crippen LogP contribution in [0, 0.1) is 5.41 Å². The maximum absolute atomic E-state index is 5.87. The fraction of sp³-hybridized carbons (Fsp3) is 0.818. The first-order valence-electron chi connectivity index (χ1n) is 7.12. The van der Waals surface area contributed by atoms with Crippen molar-refractivity contribution in [3.8, 4) is 0 Å². The lowest BCUT2D eigenvalue weighted by Crippen LogP contribution is -2.47. The number of nitrogens with one attached hydrogen (secondary N) is 2. The minimum Gasteiger partial charge on any atom is -0.363 e. The standard InChI is InChI=1S/C11H20N2O4P2S6/c1-24-7-12-9(20)18(22)14-3-11(4-15-18)5-16-19(23,17-6-11)10(21)13-8-25-2/h3-8H2,1-2H3,(H,12,20)(H,13,21). The number of thiocarbonyl (C=S) groups is 2. The molecule has 14 heteroatoms. The maximum atomic E-state index is 5.87. The van der Waals surface area contributed by atoms with Crippen molar-refractivity contribution in [3.63, 3.8) is 0 Å². The predicted octanol–water partition coefficient (Wildman–Crippen LogP) is 3.08. The van der Waals surface area contributed by atoms with Crippen molar-refractivity contribution in [2.75, 3.05) is 50.7 Å². The monoisotopic (exact) mass is 498 g/mol. The zero-order valence-electron chi connectivity index (χ0n) is 13.7. The Morgan fingerprint density at radius 3 is 1.44 bits per heavy atom. The van der Waals surface area contributed by atoms with Gasteiger partial charge in [0.25, 0.3) is 0 Å². The van der Waals surface area contributed by atoms with E-state index in [9.17, 15) is 0 Å². The lowest BCUT2D eigenvalue weighted by atomic mass is 9.93. The van der Waals surface area contributed by atoms with Crippen LogP contribution < -0.4 is 10.6 Å². The molecule has 0 radical (unpaired) electrons. The van der Waals surface area contributed by atoms with Crippen molar-refractivity contribution in [1.82, 2.24) is 10.6 Å². The van der Waals surface area contributed by atoms with Gasteiger partial charge in [-0.25, -0.2) is 0 Å². The molecule has 2 heterocycles. The Bertz CT molecular complexity index is 542. The van der Waals surface area contributed by atoms with Crippen LogP contribution in [0.3, 0.4) is 0 Å². The Labute approximate surface area is 177 Å². The lowest BCUT2D eigenvalue weighted by molar-refractivity contribution is -0.0502. The van der Waals surface area contributed by atoms with Gasteiger partial charge >= 0.3 is 0 Å². The van der Waals surface area contributed by atoms with Gasteiger partial charge in [-0.05, 0) is 36.1 Å². The van der Waals surface area contributed by atoms with E-state index in [4.69, 9.17) is 66.1 Å². The summed E-state index contributed by atoms with van der Waals surface area (Å²) in [5.74, 6) is 1.34. The molecule has 2 N–H and O–H groups in total. The molecule has 1 spiro atoms. The second-order valence-corrected chi connectivity index (χ2v) is 15.4. The average Bonchev–Trinajstić information content (AvgIpc) is 2.62. The molecule has 0 aromatic carbocycles. The van der Waals surface area contributed by atoms with E-state index in [1.54, 1.807) is 23.5 Å². The highest BCUT2D eigenvalue weighted by Gasteiger charge is 2.48. The largest absolute Gasteiger partial charge is 0.363 e. The van der Waals surface area contributed by atoms with Crippen molar-refractivity contribution in [1.29, 1.82) is 0 Å². The highest BCUT2D eigenvalue weighted by Crippen LogP contribution is 2.60. The van der Waals surface area contributed by atoms with Crippen LogP contribution in [-0.2, 0) is 41.7 Å². The predicted molar refractivity (Wildman–Crippen MR) is 123 cm³/mol. The lowest BCUT2D eigenvalue weighted by Gasteiger charge is -2.45. The normalized spacial score (nSPS) is 35.3. The fourth-order valence-electron chi connectivity index (χ4n) is 1.91. The minimum atomic E-state index is -2.62. The van der Waals surface area contributed by atoms with Gasteiger partial charge in [0.15, 0.2) is 9.46 Å². The Kier molecular flexibility index (Phi) is 9.06. The van der Waals surface area contributed by atoms with Crippen molar-refractivity contribution in [2.45, 2.75) is 0 Å². The van der Waals surface area contributed by atoms with Gasteiger partial charge in [0, 0.05) is 0 Å². The molecule has 144 valence electrons. The van der Waals surface area contributed by atoms with Gasteiger partial charge < -0.3 is 28.7 Å². The summed E-state index contributed by atoms with van der Waals surface area (Å²) >= 11 is 24.9. The van der Waals surface area contributed by atoms with Gasteiger partial charge in [-0.1, -0.05) is 24.4 Å². The number of hydrogen-bond acceptors (Lipinski definition) is 10. The molecule has 0 aromatic heterocycles. The van der Waals surface area contributed by atoms with Crippen LogP contribution in [-0.4, -0.2) is 60.2 Å². The molecule has 2 aliphatic heterocycles. The molecule has 6 nitrogen and oxygen atoms in total. The minimum absolute atomic E-state index is 0.367. The van der Waals surface area contributed by atoms with Gasteiger partial charge in [-0.3, -0.25) is 0 Å². The molecule has 2 fully saturated rings. The first kappa shape index (κ1) is 22.9.